The Labute approximate surface area is 199 Å². The third-order valence-electron chi connectivity index (χ3n) is 6.61. The number of rotatable bonds is 4. The van der Waals surface area contributed by atoms with Crippen molar-refractivity contribution in [1.82, 2.24) is 9.80 Å². The number of benzene rings is 3. The molecule has 0 spiro atoms. The lowest BCUT2D eigenvalue weighted by Crippen LogP contribution is -2.52. The van der Waals surface area contributed by atoms with Gasteiger partial charge in [0.15, 0.2) is 0 Å². The third-order valence-corrected chi connectivity index (χ3v) is 6.85. The number of fused-ring (bicyclic) bond motifs is 1. The lowest BCUT2D eigenvalue weighted by molar-refractivity contribution is -0.136. The van der Waals surface area contributed by atoms with Crippen LogP contribution in [0.25, 0.3) is 0 Å². The van der Waals surface area contributed by atoms with Crippen molar-refractivity contribution < 1.29 is 9.59 Å². The monoisotopic (exact) mass is 459 g/mol. The number of aryl methyl sites for hydroxylation is 1. The second kappa shape index (κ2) is 8.91. The Morgan fingerprint density at radius 3 is 2.33 bits per heavy atom. The summed E-state index contributed by atoms with van der Waals surface area (Å²) >= 11 is 6.22. The molecule has 0 unspecified atom stereocenters. The standard InChI is InChI=1S/C27H26ClN3O2/c1-19-11-12-22(28)17-24(19)29-13-15-30(16-14-29)27(33)25(20-7-3-2-4-8-20)31-18-21-9-5-6-10-23(21)26(31)32/h2-12,17,25H,13-16,18H2,1H3/t25-/m0/s1. The number of nitrogens with zero attached hydrogens (tertiary/aromatic N) is 3. The van der Waals surface area contributed by atoms with E-state index in [0.29, 0.717) is 30.2 Å². The molecule has 0 aliphatic carbocycles. The van der Waals surface area contributed by atoms with Gasteiger partial charge in [-0.05, 0) is 41.8 Å². The molecular formula is C27H26ClN3O2. The Balaban J connectivity index is 1.38. The highest BCUT2D eigenvalue weighted by molar-refractivity contribution is 6.30. The van der Waals surface area contributed by atoms with E-state index >= 15 is 0 Å². The first-order chi connectivity index (χ1) is 16.0. The number of hydrogen-bond donors (Lipinski definition) is 0. The van der Waals surface area contributed by atoms with Crippen LogP contribution >= 0.6 is 11.6 Å². The van der Waals surface area contributed by atoms with E-state index in [1.54, 1.807) is 4.90 Å². The van der Waals surface area contributed by atoms with Gasteiger partial charge in [-0.1, -0.05) is 66.2 Å². The molecule has 2 aliphatic heterocycles. The number of carbonyl (C=O) groups is 2. The van der Waals surface area contributed by atoms with Crippen molar-refractivity contribution in [1.29, 1.82) is 0 Å². The highest BCUT2D eigenvalue weighted by Crippen LogP contribution is 2.33. The molecule has 5 nitrogen and oxygen atoms in total. The van der Waals surface area contributed by atoms with Gasteiger partial charge in [-0.15, -0.1) is 0 Å². The Hall–Kier alpha value is -3.31. The van der Waals surface area contributed by atoms with Crippen molar-refractivity contribution in [3.63, 3.8) is 0 Å². The molecule has 5 rings (SSSR count). The topological polar surface area (TPSA) is 43.9 Å². The number of amides is 2. The lowest BCUT2D eigenvalue weighted by Gasteiger charge is -2.39. The van der Waals surface area contributed by atoms with E-state index in [-0.39, 0.29) is 11.8 Å². The van der Waals surface area contributed by atoms with E-state index in [9.17, 15) is 9.59 Å². The summed E-state index contributed by atoms with van der Waals surface area (Å²) in [6, 6.07) is 22.5. The predicted octanol–water partition coefficient (Wildman–Crippen LogP) is 4.69. The van der Waals surface area contributed by atoms with Gasteiger partial charge in [-0.25, -0.2) is 0 Å². The van der Waals surface area contributed by atoms with Crippen LogP contribution in [0, 0.1) is 6.92 Å². The third kappa shape index (κ3) is 4.09. The molecule has 33 heavy (non-hydrogen) atoms. The van der Waals surface area contributed by atoms with E-state index in [0.717, 1.165) is 29.9 Å². The molecule has 0 aromatic heterocycles. The van der Waals surface area contributed by atoms with Gasteiger partial charge in [0, 0.05) is 49.0 Å². The smallest absolute Gasteiger partial charge is 0.255 e. The highest BCUT2D eigenvalue weighted by Gasteiger charge is 2.39. The fourth-order valence-electron chi connectivity index (χ4n) is 4.84. The minimum atomic E-state index is -0.634. The second-order valence-electron chi connectivity index (χ2n) is 8.65. The summed E-state index contributed by atoms with van der Waals surface area (Å²) in [6.45, 7) is 5.17. The van der Waals surface area contributed by atoms with Crippen molar-refractivity contribution in [2.24, 2.45) is 0 Å². The molecule has 168 valence electrons. The second-order valence-corrected chi connectivity index (χ2v) is 9.08. The number of halogens is 1. The maximum Gasteiger partial charge on any atom is 0.255 e. The minimum absolute atomic E-state index is 0.0233. The van der Waals surface area contributed by atoms with Crippen LogP contribution in [0.1, 0.15) is 33.1 Å². The van der Waals surface area contributed by atoms with E-state index in [1.165, 1.54) is 5.56 Å². The maximum absolute atomic E-state index is 13.8. The summed E-state index contributed by atoms with van der Waals surface area (Å²) in [5.74, 6) is -0.106. The van der Waals surface area contributed by atoms with E-state index in [2.05, 4.69) is 11.8 Å². The Kier molecular flexibility index (Phi) is 5.81. The largest absolute Gasteiger partial charge is 0.368 e. The Morgan fingerprint density at radius 1 is 0.909 bits per heavy atom. The molecule has 1 atom stereocenters. The van der Waals surface area contributed by atoms with Gasteiger partial charge in [0.25, 0.3) is 5.91 Å². The molecule has 1 fully saturated rings. The summed E-state index contributed by atoms with van der Waals surface area (Å²) in [7, 11) is 0. The van der Waals surface area contributed by atoms with Crippen molar-refractivity contribution in [2.75, 3.05) is 31.1 Å². The Bertz CT molecular complexity index is 1190. The number of anilines is 1. The number of piperazine rings is 1. The summed E-state index contributed by atoms with van der Waals surface area (Å²) in [4.78, 5) is 33.0. The van der Waals surface area contributed by atoms with E-state index < -0.39 is 6.04 Å². The molecule has 3 aromatic carbocycles. The van der Waals surface area contributed by atoms with Crippen LogP contribution < -0.4 is 4.90 Å². The van der Waals surface area contributed by atoms with Gasteiger partial charge in [0.1, 0.15) is 6.04 Å². The van der Waals surface area contributed by atoms with Crippen LogP contribution in [-0.2, 0) is 11.3 Å². The lowest BCUT2D eigenvalue weighted by atomic mass is 10.0. The summed E-state index contributed by atoms with van der Waals surface area (Å²) in [6.07, 6.45) is 0. The molecule has 2 aliphatic rings. The van der Waals surface area contributed by atoms with Crippen LogP contribution in [0.4, 0.5) is 5.69 Å². The number of carbonyl (C=O) groups excluding carboxylic acids is 2. The van der Waals surface area contributed by atoms with Gasteiger partial charge in [0.05, 0.1) is 0 Å². The average Bonchev–Trinajstić information content (AvgIpc) is 3.18. The van der Waals surface area contributed by atoms with Crippen LogP contribution in [0.3, 0.4) is 0 Å². The zero-order valence-corrected chi connectivity index (χ0v) is 19.3. The SMILES string of the molecule is Cc1ccc(Cl)cc1N1CCN(C(=O)[C@H](c2ccccc2)N2Cc3ccccc3C2=O)CC1. The van der Waals surface area contributed by atoms with E-state index in [1.807, 2.05) is 77.7 Å². The van der Waals surface area contributed by atoms with Crippen LogP contribution in [0.2, 0.25) is 5.02 Å². The summed E-state index contributed by atoms with van der Waals surface area (Å²) < 4.78 is 0. The first-order valence-electron chi connectivity index (χ1n) is 11.3. The summed E-state index contributed by atoms with van der Waals surface area (Å²) in [5.41, 5.74) is 4.78. The maximum atomic E-state index is 13.8. The average molecular weight is 460 g/mol. The van der Waals surface area contributed by atoms with Gasteiger partial charge >= 0.3 is 0 Å². The molecule has 3 aromatic rings. The molecule has 0 N–H and O–H groups in total. The van der Waals surface area contributed by atoms with Crippen molar-refractivity contribution >= 4 is 29.1 Å². The fourth-order valence-corrected chi connectivity index (χ4v) is 5.01. The summed E-state index contributed by atoms with van der Waals surface area (Å²) in [5, 5.41) is 0.713. The van der Waals surface area contributed by atoms with Gasteiger partial charge < -0.3 is 14.7 Å². The van der Waals surface area contributed by atoms with E-state index in [4.69, 9.17) is 11.6 Å². The van der Waals surface area contributed by atoms with Crippen molar-refractivity contribution in [2.45, 2.75) is 19.5 Å². The van der Waals surface area contributed by atoms with Gasteiger partial charge in [-0.3, -0.25) is 9.59 Å². The molecular weight excluding hydrogens is 434 g/mol. The van der Waals surface area contributed by atoms with Crippen LogP contribution in [-0.4, -0.2) is 47.8 Å². The minimum Gasteiger partial charge on any atom is -0.368 e. The first kappa shape index (κ1) is 21.5. The zero-order valence-electron chi connectivity index (χ0n) is 18.6. The predicted molar refractivity (Wildman–Crippen MR) is 130 cm³/mol. The molecule has 2 amide bonds. The quantitative estimate of drug-likeness (QED) is 0.568. The van der Waals surface area contributed by atoms with Crippen molar-refractivity contribution in [3.05, 3.63) is 100 Å². The van der Waals surface area contributed by atoms with Gasteiger partial charge in [-0.2, -0.15) is 0 Å². The van der Waals surface area contributed by atoms with Crippen LogP contribution in [0.15, 0.2) is 72.8 Å². The molecule has 0 radical (unpaired) electrons. The fraction of sp³-hybridized carbons (Fsp3) is 0.259. The highest BCUT2D eigenvalue weighted by atomic mass is 35.5. The zero-order chi connectivity index (χ0) is 22.9. The first-order valence-corrected chi connectivity index (χ1v) is 11.6. The molecule has 0 bridgehead atoms. The molecule has 2 heterocycles. The Morgan fingerprint density at radius 2 is 1.61 bits per heavy atom. The normalized spacial score (nSPS) is 16.7. The molecule has 1 saturated heterocycles. The van der Waals surface area contributed by atoms with Crippen molar-refractivity contribution in [3.8, 4) is 0 Å². The number of hydrogen-bond acceptors (Lipinski definition) is 3. The van der Waals surface area contributed by atoms with Gasteiger partial charge in [0.2, 0.25) is 5.91 Å². The molecule has 6 heteroatoms. The molecule has 0 saturated carbocycles. The van der Waals surface area contributed by atoms with Crippen LogP contribution in [0.5, 0.6) is 0 Å².